The molecule has 0 bridgehead atoms. The van der Waals surface area contributed by atoms with Crippen molar-refractivity contribution in [2.75, 3.05) is 13.1 Å². The van der Waals surface area contributed by atoms with Crippen LogP contribution in [0.5, 0.6) is 0 Å². The maximum Gasteiger partial charge on any atom is 0.240 e. The molecule has 0 aromatic carbocycles. The fraction of sp³-hybridized carbons (Fsp3) is 0.933. The van der Waals surface area contributed by atoms with Gasteiger partial charge in [-0.05, 0) is 60.5 Å². The summed E-state index contributed by atoms with van der Waals surface area (Å²) < 4.78 is 0. The minimum atomic E-state index is 0.0351. The van der Waals surface area contributed by atoms with E-state index in [0.717, 1.165) is 13.1 Å². The minimum Gasteiger partial charge on any atom is -0.336 e. The molecule has 3 heteroatoms. The molecule has 3 nitrogen and oxygen atoms in total. The van der Waals surface area contributed by atoms with Crippen molar-refractivity contribution < 1.29 is 4.79 Å². The summed E-state index contributed by atoms with van der Waals surface area (Å²) in [7, 11) is 0. The number of carbonyl (C=O) groups excluding carboxylic acids is 1. The Balaban J connectivity index is 2.68. The van der Waals surface area contributed by atoms with E-state index >= 15 is 0 Å². The molecular formula is C15H30N2O. The van der Waals surface area contributed by atoms with Gasteiger partial charge in [0.15, 0.2) is 0 Å². The van der Waals surface area contributed by atoms with Crippen LogP contribution < -0.4 is 0 Å². The second-order valence-electron chi connectivity index (χ2n) is 6.06. The molecule has 0 radical (unpaired) electrons. The molecule has 0 N–H and O–H groups in total. The average Bonchev–Trinajstić information content (AvgIpc) is 2.55. The number of hydrogen-bond donors (Lipinski definition) is 0. The summed E-state index contributed by atoms with van der Waals surface area (Å²) in [5.41, 5.74) is 0. The van der Waals surface area contributed by atoms with Crippen molar-refractivity contribution in [2.45, 2.75) is 78.4 Å². The SMILES string of the molecule is CC(C(=O)N(C(C)C)C(C)C)N1CCCCCC1. The maximum atomic E-state index is 12.6. The summed E-state index contributed by atoms with van der Waals surface area (Å²) in [6, 6.07) is 0.603. The van der Waals surface area contributed by atoms with Gasteiger partial charge >= 0.3 is 0 Å². The first kappa shape index (κ1) is 15.5. The third-order valence-corrected chi connectivity index (χ3v) is 3.91. The molecule has 1 unspecified atom stereocenters. The van der Waals surface area contributed by atoms with Crippen LogP contribution in [0.3, 0.4) is 0 Å². The van der Waals surface area contributed by atoms with Gasteiger partial charge in [0.25, 0.3) is 0 Å². The Morgan fingerprint density at radius 2 is 1.33 bits per heavy atom. The molecule has 0 aliphatic carbocycles. The van der Waals surface area contributed by atoms with Gasteiger partial charge in [0.2, 0.25) is 5.91 Å². The lowest BCUT2D eigenvalue weighted by Gasteiger charge is -2.36. The van der Waals surface area contributed by atoms with Crippen molar-refractivity contribution in [1.29, 1.82) is 0 Å². The van der Waals surface area contributed by atoms with E-state index in [2.05, 4.69) is 39.5 Å². The number of rotatable bonds is 4. The zero-order chi connectivity index (χ0) is 13.7. The molecule has 0 spiro atoms. The monoisotopic (exact) mass is 254 g/mol. The van der Waals surface area contributed by atoms with Crippen molar-refractivity contribution in [2.24, 2.45) is 0 Å². The minimum absolute atomic E-state index is 0.0351. The summed E-state index contributed by atoms with van der Waals surface area (Å²) in [5.74, 6) is 0.293. The lowest BCUT2D eigenvalue weighted by atomic mass is 10.1. The van der Waals surface area contributed by atoms with Gasteiger partial charge in [-0.15, -0.1) is 0 Å². The number of carbonyl (C=O) groups is 1. The van der Waals surface area contributed by atoms with Crippen LogP contribution >= 0.6 is 0 Å². The van der Waals surface area contributed by atoms with Gasteiger partial charge in [0, 0.05) is 12.1 Å². The van der Waals surface area contributed by atoms with E-state index in [0.29, 0.717) is 5.91 Å². The Hall–Kier alpha value is -0.570. The summed E-state index contributed by atoms with van der Waals surface area (Å²) >= 11 is 0. The summed E-state index contributed by atoms with van der Waals surface area (Å²) in [6.07, 6.45) is 5.10. The van der Waals surface area contributed by atoms with Crippen LogP contribution in [-0.4, -0.2) is 46.9 Å². The Kier molecular flexibility index (Phi) is 6.13. The van der Waals surface area contributed by atoms with Crippen LogP contribution in [0, 0.1) is 0 Å². The van der Waals surface area contributed by atoms with E-state index in [1.54, 1.807) is 0 Å². The molecule has 1 saturated heterocycles. The molecule has 106 valence electrons. The largest absolute Gasteiger partial charge is 0.336 e. The van der Waals surface area contributed by atoms with Gasteiger partial charge in [0.05, 0.1) is 6.04 Å². The van der Waals surface area contributed by atoms with Gasteiger partial charge in [-0.2, -0.15) is 0 Å². The highest BCUT2D eigenvalue weighted by Crippen LogP contribution is 2.16. The molecule has 1 amide bonds. The lowest BCUT2D eigenvalue weighted by molar-refractivity contribution is -0.140. The first-order valence-corrected chi connectivity index (χ1v) is 7.51. The molecule has 18 heavy (non-hydrogen) atoms. The van der Waals surface area contributed by atoms with Crippen LogP contribution in [0.25, 0.3) is 0 Å². The number of amides is 1. The standard InChI is InChI=1S/C15H30N2O/c1-12(2)17(13(3)4)15(18)14(5)16-10-8-6-7-9-11-16/h12-14H,6-11H2,1-5H3. The maximum absolute atomic E-state index is 12.6. The van der Waals surface area contributed by atoms with Crippen LogP contribution in [0.2, 0.25) is 0 Å². The Bertz CT molecular complexity index is 247. The Morgan fingerprint density at radius 3 is 1.72 bits per heavy atom. The normalized spacial score (nSPS) is 19.9. The van der Waals surface area contributed by atoms with E-state index in [9.17, 15) is 4.79 Å². The molecule has 0 aromatic rings. The van der Waals surface area contributed by atoms with Crippen LogP contribution in [0.1, 0.15) is 60.3 Å². The third-order valence-electron chi connectivity index (χ3n) is 3.91. The summed E-state index contributed by atoms with van der Waals surface area (Å²) in [5, 5.41) is 0. The van der Waals surface area contributed by atoms with E-state index in [4.69, 9.17) is 0 Å². The second kappa shape index (κ2) is 7.13. The van der Waals surface area contributed by atoms with E-state index in [1.165, 1.54) is 25.7 Å². The molecule has 1 aliphatic heterocycles. The topological polar surface area (TPSA) is 23.6 Å². The number of nitrogens with zero attached hydrogens (tertiary/aromatic N) is 2. The molecule has 1 rings (SSSR count). The van der Waals surface area contributed by atoms with Crippen molar-refractivity contribution in [1.82, 2.24) is 9.80 Å². The Morgan fingerprint density at radius 1 is 0.889 bits per heavy atom. The summed E-state index contributed by atoms with van der Waals surface area (Å²) in [6.45, 7) is 12.7. The average molecular weight is 254 g/mol. The zero-order valence-electron chi connectivity index (χ0n) is 12.8. The highest BCUT2D eigenvalue weighted by Gasteiger charge is 2.29. The van der Waals surface area contributed by atoms with E-state index in [-0.39, 0.29) is 18.1 Å². The van der Waals surface area contributed by atoms with E-state index in [1.807, 2.05) is 4.90 Å². The van der Waals surface area contributed by atoms with Crippen molar-refractivity contribution in [3.63, 3.8) is 0 Å². The first-order chi connectivity index (χ1) is 8.45. The number of likely N-dealkylation sites (tertiary alicyclic amines) is 1. The highest BCUT2D eigenvalue weighted by atomic mass is 16.2. The van der Waals surface area contributed by atoms with Crippen molar-refractivity contribution in [3.8, 4) is 0 Å². The Labute approximate surface area is 113 Å². The van der Waals surface area contributed by atoms with Gasteiger partial charge in [-0.25, -0.2) is 0 Å². The fourth-order valence-corrected chi connectivity index (χ4v) is 2.96. The first-order valence-electron chi connectivity index (χ1n) is 7.51. The third kappa shape index (κ3) is 3.98. The summed E-state index contributed by atoms with van der Waals surface area (Å²) in [4.78, 5) is 17.0. The fourth-order valence-electron chi connectivity index (χ4n) is 2.96. The number of hydrogen-bond acceptors (Lipinski definition) is 2. The van der Waals surface area contributed by atoms with Crippen LogP contribution in [-0.2, 0) is 4.79 Å². The predicted octanol–water partition coefficient (Wildman–Crippen LogP) is 2.90. The van der Waals surface area contributed by atoms with Gasteiger partial charge in [0.1, 0.15) is 0 Å². The smallest absolute Gasteiger partial charge is 0.240 e. The van der Waals surface area contributed by atoms with Crippen molar-refractivity contribution in [3.05, 3.63) is 0 Å². The van der Waals surface area contributed by atoms with Gasteiger partial charge in [-0.3, -0.25) is 9.69 Å². The lowest BCUT2D eigenvalue weighted by Crippen LogP contribution is -2.52. The molecule has 1 atom stereocenters. The van der Waals surface area contributed by atoms with Crippen LogP contribution in [0.15, 0.2) is 0 Å². The highest BCUT2D eigenvalue weighted by molar-refractivity contribution is 5.82. The predicted molar refractivity (Wildman–Crippen MR) is 76.6 cm³/mol. The van der Waals surface area contributed by atoms with E-state index < -0.39 is 0 Å². The molecule has 1 aliphatic rings. The zero-order valence-corrected chi connectivity index (χ0v) is 12.8. The molecule has 1 heterocycles. The molecule has 1 fully saturated rings. The van der Waals surface area contributed by atoms with Crippen molar-refractivity contribution >= 4 is 5.91 Å². The van der Waals surface area contributed by atoms with Gasteiger partial charge < -0.3 is 4.90 Å². The molecular weight excluding hydrogens is 224 g/mol. The van der Waals surface area contributed by atoms with Gasteiger partial charge in [-0.1, -0.05) is 12.8 Å². The second-order valence-corrected chi connectivity index (χ2v) is 6.06. The molecule has 0 aromatic heterocycles. The molecule has 0 saturated carbocycles. The van der Waals surface area contributed by atoms with Crippen LogP contribution in [0.4, 0.5) is 0 Å². The quantitative estimate of drug-likeness (QED) is 0.770.